The van der Waals surface area contributed by atoms with Gasteiger partial charge in [0.1, 0.15) is 0 Å². The molecule has 0 aromatic heterocycles. The molecule has 0 spiro atoms. The third-order valence-electron chi connectivity index (χ3n) is 17.1. The fourth-order valence-electron chi connectivity index (χ4n) is 23.7. The van der Waals surface area contributed by atoms with Crippen LogP contribution in [0.1, 0.15) is 249 Å². The maximum absolute atomic E-state index is 3.22. The zero-order valence-corrected chi connectivity index (χ0v) is 56.0. The summed E-state index contributed by atoms with van der Waals surface area (Å²) in [5.41, 5.74) is 0. The second kappa shape index (κ2) is 15.7. The van der Waals surface area contributed by atoms with Crippen LogP contribution in [0.25, 0.3) is 0 Å². The molecule has 0 saturated heterocycles. The van der Waals surface area contributed by atoms with Gasteiger partial charge < -0.3 is 0 Å². The first kappa shape index (κ1) is 59.7. The quantitative estimate of drug-likeness (QED) is 0.246. The first-order valence-electron chi connectivity index (χ1n) is 23.8. The fourth-order valence-corrected chi connectivity index (χ4v) is 289. The Kier molecular flexibility index (Phi) is 16.2. The predicted molar refractivity (Wildman–Crippen MR) is 294 cm³/mol. The summed E-state index contributed by atoms with van der Waals surface area (Å²) in [5, 5.41) is 2.99. The van der Waals surface area contributed by atoms with Crippen molar-refractivity contribution < 1.29 is 0 Å². The van der Waals surface area contributed by atoms with E-state index >= 15 is 0 Å². The Hall–Kier alpha value is 1.74. The van der Waals surface area contributed by atoms with E-state index in [-0.39, 0.29) is 60.5 Å². The van der Waals surface area contributed by atoms with Crippen LogP contribution in [0.5, 0.6) is 0 Å². The minimum Gasteiger partial charge on any atom is -0.0853 e. The van der Waals surface area contributed by atoms with Gasteiger partial charge in [-0.15, -0.1) is 0 Å². The van der Waals surface area contributed by atoms with Crippen LogP contribution in [-0.4, -0.2) is 59.5 Å². The van der Waals surface area contributed by atoms with E-state index in [1.807, 2.05) is 0 Å². The predicted octanol–water partition coefficient (Wildman–Crippen LogP) is 19.2. The third kappa shape index (κ3) is 7.97. The maximum atomic E-state index is 3.22. The van der Waals surface area contributed by atoms with Gasteiger partial charge in [0.15, 0.2) is 0 Å². The van der Waals surface area contributed by atoms with Gasteiger partial charge in [0.2, 0.25) is 0 Å². The molecule has 0 aromatic carbocycles. The standard InChI is InChI=1S/C50H114Si8/c1-39(2,3)55(40(4,5)6,41(7,8)9)53(37,56(42(10,11)12,43(13,14)15)44(16,17)18)51-52-54(38,57(45(19,20)21,46(22,23)24)47(25,26)27)58(48(28,29)30,49(31,32)33)50(34,35)36/h1-38H3. The molecule has 0 nitrogen and oxygen atoms in total. The van der Waals surface area contributed by atoms with E-state index in [9.17, 15) is 0 Å². The van der Waals surface area contributed by atoms with E-state index in [4.69, 9.17) is 0 Å². The highest BCUT2D eigenvalue weighted by molar-refractivity contribution is 7.92. The van der Waals surface area contributed by atoms with Gasteiger partial charge in [0.05, 0.1) is 43.6 Å². The van der Waals surface area contributed by atoms with Crippen molar-refractivity contribution in [2.45, 2.75) is 323 Å². The van der Waals surface area contributed by atoms with Crippen molar-refractivity contribution in [3.05, 3.63) is 0 Å². The molecular formula is C50H114Si8. The second-order valence-electron chi connectivity index (χ2n) is 32.5. The topological polar surface area (TPSA) is 0 Å². The molecule has 0 bridgehead atoms. The van der Waals surface area contributed by atoms with Crippen LogP contribution in [0.2, 0.25) is 73.6 Å². The highest BCUT2D eigenvalue weighted by Crippen LogP contribution is 2.76. The van der Waals surface area contributed by atoms with E-state index in [0.29, 0.717) is 0 Å². The summed E-state index contributed by atoms with van der Waals surface area (Å²) in [6.07, 6.45) is 0. The summed E-state index contributed by atoms with van der Waals surface area (Å²) < 4.78 is 0. The second-order valence-corrected chi connectivity index (χ2v) is 104. The van der Waals surface area contributed by atoms with E-state index in [1.165, 1.54) is 0 Å². The SMILES string of the molecule is CC(C)(C)[Si](C(C)(C)C)(C(C)(C)C)[Si](C)([Si]#[Si][Si](C)([Si](C(C)(C)C)(C(C)(C)C)C(C)(C)C)[Si](C(C)(C)C)(C(C)(C)C)C(C)(C)C)[Si](C(C)(C)C)(C(C)(C)C)C(C)(C)C. The Bertz CT molecular complexity index is 1140. The normalized spacial score (nSPS) is 17.0. The number of hydrogen-bond acceptors (Lipinski definition) is 0. The van der Waals surface area contributed by atoms with Crippen molar-refractivity contribution in [1.29, 1.82) is 0 Å². The van der Waals surface area contributed by atoms with Crippen molar-refractivity contribution in [2.24, 2.45) is 0 Å². The van der Waals surface area contributed by atoms with Crippen LogP contribution in [0.4, 0.5) is 0 Å². The minimum absolute atomic E-state index is 0.249. The van der Waals surface area contributed by atoms with Gasteiger partial charge in [0.25, 0.3) is 0 Å². The first-order valence-corrected chi connectivity index (χ1v) is 45.8. The lowest BCUT2D eigenvalue weighted by Crippen LogP contribution is -2.93. The molecule has 0 rings (SSSR count). The summed E-state index contributed by atoms with van der Waals surface area (Å²) in [4.78, 5) is 0. The van der Waals surface area contributed by atoms with E-state index < -0.39 is 43.6 Å². The summed E-state index contributed by atoms with van der Waals surface area (Å²) in [6.45, 7) is 102. The van der Waals surface area contributed by atoms with Crippen LogP contribution in [0, 0.1) is 0 Å². The van der Waals surface area contributed by atoms with Crippen LogP contribution in [0.3, 0.4) is 0 Å². The van der Waals surface area contributed by atoms with Crippen molar-refractivity contribution >= 4 is 59.5 Å². The zero-order chi connectivity index (χ0) is 48.4. The van der Waals surface area contributed by atoms with Gasteiger partial charge >= 0.3 is 0 Å². The molecular weight excluding hydrogens is 825 g/mol. The maximum Gasteiger partial charge on any atom is 0.0866 e. The van der Waals surface area contributed by atoms with Gasteiger partial charge in [0, 0.05) is 0 Å². The van der Waals surface area contributed by atoms with Crippen LogP contribution >= 0.6 is 0 Å². The van der Waals surface area contributed by atoms with Crippen molar-refractivity contribution in [1.82, 2.24) is 0 Å². The average Bonchev–Trinajstić information content (AvgIpc) is 2.71. The monoisotopic (exact) mass is 939 g/mol. The van der Waals surface area contributed by atoms with Gasteiger partial charge in [-0.1, -0.05) is 278 Å². The largest absolute Gasteiger partial charge is 0.0866 e. The minimum atomic E-state index is -2.35. The molecule has 0 aromatic rings. The Labute approximate surface area is 379 Å². The molecule has 58 heavy (non-hydrogen) atoms. The van der Waals surface area contributed by atoms with Crippen molar-refractivity contribution in [3.8, 4) is 0 Å². The molecule has 0 aliphatic rings. The Morgan fingerprint density at radius 2 is 0.241 bits per heavy atom. The molecule has 0 unspecified atom stereocenters. The van der Waals surface area contributed by atoms with Gasteiger partial charge in [-0.05, 0) is 60.5 Å². The lowest BCUT2D eigenvalue weighted by molar-refractivity contribution is 0.539. The molecule has 0 amide bonds. The Morgan fingerprint density at radius 3 is 0.293 bits per heavy atom. The summed E-state index contributed by atoms with van der Waals surface area (Å²) in [7, 11) is -7.13. The van der Waals surface area contributed by atoms with Crippen LogP contribution in [-0.2, 0) is 0 Å². The average molecular weight is 940 g/mol. The molecule has 0 heterocycles. The van der Waals surface area contributed by atoms with Gasteiger partial charge in [-0.2, -0.15) is 0 Å². The molecule has 0 aliphatic heterocycles. The molecule has 0 aliphatic carbocycles. The molecule has 8 heteroatoms. The van der Waals surface area contributed by atoms with Gasteiger partial charge in [-0.25, -0.2) is 0 Å². The van der Waals surface area contributed by atoms with Crippen molar-refractivity contribution in [3.63, 3.8) is 0 Å². The van der Waals surface area contributed by atoms with Crippen LogP contribution < -0.4 is 0 Å². The molecule has 0 fully saturated rings. The number of rotatable bonds is 4. The molecule has 0 saturated carbocycles. The molecule has 0 radical (unpaired) electrons. The van der Waals surface area contributed by atoms with E-state index in [0.717, 1.165) is 15.9 Å². The molecule has 0 N–H and O–H groups in total. The molecule has 346 valence electrons. The van der Waals surface area contributed by atoms with E-state index in [2.05, 4.69) is 262 Å². The summed E-state index contributed by atoms with van der Waals surface area (Å²) in [6, 6.07) is 0. The Balaban J connectivity index is 11.5. The highest BCUT2D eigenvalue weighted by atomic mass is 30.0. The highest BCUT2D eigenvalue weighted by Gasteiger charge is 2.83. The number of hydrogen-bond donors (Lipinski definition) is 0. The van der Waals surface area contributed by atoms with Crippen molar-refractivity contribution in [2.75, 3.05) is 0 Å². The third-order valence-corrected chi connectivity index (χ3v) is 154. The Morgan fingerprint density at radius 1 is 0.172 bits per heavy atom. The smallest absolute Gasteiger partial charge is 0.0853 e. The first-order chi connectivity index (χ1) is 24.2. The zero-order valence-electron chi connectivity index (χ0n) is 48.0. The van der Waals surface area contributed by atoms with Crippen LogP contribution in [0.15, 0.2) is 0 Å². The van der Waals surface area contributed by atoms with E-state index in [1.54, 1.807) is 0 Å². The fraction of sp³-hybridized carbons (Fsp3) is 1.00. The molecule has 0 atom stereocenters. The lowest BCUT2D eigenvalue weighted by Gasteiger charge is -2.77. The van der Waals surface area contributed by atoms with Gasteiger partial charge in [-0.3, -0.25) is 0 Å². The summed E-state index contributed by atoms with van der Waals surface area (Å²) >= 11 is 0. The lowest BCUT2D eigenvalue weighted by atomic mass is 10.2. The summed E-state index contributed by atoms with van der Waals surface area (Å²) in [5.74, 6) is 0.